The number of pyridine rings is 1. The van der Waals surface area contributed by atoms with Crippen LogP contribution in [0.3, 0.4) is 0 Å². The molecule has 30 heavy (non-hydrogen) atoms. The SMILES string of the molecule is COc1cccc(C(=O)NC2CCC(Oc3ccc(C(F)(F)F)cn3)CC2)c1OC. The van der Waals surface area contributed by atoms with Crippen molar-refractivity contribution < 1.29 is 32.2 Å². The lowest BCUT2D eigenvalue weighted by atomic mass is 9.92. The number of hydrogen-bond acceptors (Lipinski definition) is 5. The number of methoxy groups -OCH3 is 2. The largest absolute Gasteiger partial charge is 0.493 e. The molecule has 1 saturated carbocycles. The van der Waals surface area contributed by atoms with Crippen LogP contribution in [-0.4, -0.2) is 37.3 Å². The molecule has 1 amide bonds. The Morgan fingerprint density at radius 1 is 1.07 bits per heavy atom. The fourth-order valence-electron chi connectivity index (χ4n) is 3.44. The van der Waals surface area contributed by atoms with Gasteiger partial charge in [-0.2, -0.15) is 13.2 Å². The van der Waals surface area contributed by atoms with Gasteiger partial charge < -0.3 is 19.5 Å². The highest BCUT2D eigenvalue weighted by Gasteiger charge is 2.31. The van der Waals surface area contributed by atoms with E-state index in [0.717, 1.165) is 12.3 Å². The predicted molar refractivity (Wildman–Crippen MR) is 103 cm³/mol. The van der Waals surface area contributed by atoms with Crippen molar-refractivity contribution in [3.05, 3.63) is 47.7 Å². The number of alkyl halides is 3. The minimum Gasteiger partial charge on any atom is -0.493 e. The number of amides is 1. The number of nitrogens with one attached hydrogen (secondary N) is 1. The fourth-order valence-corrected chi connectivity index (χ4v) is 3.44. The summed E-state index contributed by atoms with van der Waals surface area (Å²) < 4.78 is 54.1. The number of aromatic nitrogens is 1. The van der Waals surface area contributed by atoms with Gasteiger partial charge in [0.2, 0.25) is 5.88 Å². The lowest BCUT2D eigenvalue weighted by Crippen LogP contribution is -2.39. The summed E-state index contributed by atoms with van der Waals surface area (Å²) in [6, 6.07) is 7.25. The smallest absolute Gasteiger partial charge is 0.417 e. The van der Waals surface area contributed by atoms with Crippen molar-refractivity contribution in [2.75, 3.05) is 14.2 Å². The molecule has 0 bridgehead atoms. The van der Waals surface area contributed by atoms with Crippen LogP contribution in [-0.2, 0) is 6.18 Å². The molecular formula is C21H23F3N2O4. The molecular weight excluding hydrogens is 401 g/mol. The molecule has 1 N–H and O–H groups in total. The van der Waals surface area contributed by atoms with E-state index in [-0.39, 0.29) is 23.9 Å². The second-order valence-electron chi connectivity index (χ2n) is 6.99. The van der Waals surface area contributed by atoms with Crippen molar-refractivity contribution in [3.63, 3.8) is 0 Å². The maximum absolute atomic E-state index is 12.7. The Morgan fingerprint density at radius 3 is 2.37 bits per heavy atom. The highest BCUT2D eigenvalue weighted by atomic mass is 19.4. The average molecular weight is 424 g/mol. The number of carbonyl (C=O) groups is 1. The van der Waals surface area contributed by atoms with Crippen molar-refractivity contribution in [2.24, 2.45) is 0 Å². The van der Waals surface area contributed by atoms with Crippen molar-refractivity contribution >= 4 is 5.91 Å². The van der Waals surface area contributed by atoms with Crippen LogP contribution in [0.2, 0.25) is 0 Å². The molecule has 1 heterocycles. The van der Waals surface area contributed by atoms with Gasteiger partial charge in [0.1, 0.15) is 6.10 Å². The van der Waals surface area contributed by atoms with Crippen LogP contribution in [0.4, 0.5) is 13.2 Å². The van der Waals surface area contributed by atoms with E-state index in [1.165, 1.54) is 20.3 Å². The monoisotopic (exact) mass is 424 g/mol. The van der Waals surface area contributed by atoms with Crippen LogP contribution in [0.5, 0.6) is 17.4 Å². The average Bonchev–Trinajstić information content (AvgIpc) is 2.74. The summed E-state index contributed by atoms with van der Waals surface area (Å²) in [7, 11) is 2.98. The maximum atomic E-state index is 12.7. The van der Waals surface area contributed by atoms with Gasteiger partial charge in [0.25, 0.3) is 5.91 Å². The lowest BCUT2D eigenvalue weighted by Gasteiger charge is -2.29. The molecule has 2 aromatic rings. The van der Waals surface area contributed by atoms with Crippen LogP contribution in [0.25, 0.3) is 0 Å². The molecule has 0 aliphatic heterocycles. The zero-order chi connectivity index (χ0) is 21.7. The van der Waals surface area contributed by atoms with E-state index in [9.17, 15) is 18.0 Å². The van der Waals surface area contributed by atoms with E-state index in [1.54, 1.807) is 18.2 Å². The van der Waals surface area contributed by atoms with E-state index in [0.29, 0.717) is 42.7 Å². The van der Waals surface area contributed by atoms with E-state index >= 15 is 0 Å². The third-order valence-electron chi connectivity index (χ3n) is 5.01. The maximum Gasteiger partial charge on any atom is 0.417 e. The van der Waals surface area contributed by atoms with E-state index in [4.69, 9.17) is 14.2 Å². The molecule has 1 aromatic carbocycles. The molecule has 1 aliphatic carbocycles. The summed E-state index contributed by atoms with van der Waals surface area (Å²) in [6.07, 6.45) is -1.14. The third-order valence-corrected chi connectivity index (χ3v) is 5.01. The van der Waals surface area contributed by atoms with Crippen LogP contribution < -0.4 is 19.5 Å². The second kappa shape index (κ2) is 9.23. The summed E-state index contributed by atoms with van der Waals surface area (Å²) in [4.78, 5) is 16.4. The first-order valence-corrected chi connectivity index (χ1v) is 9.53. The standard InChI is InChI=1S/C21H23F3N2O4/c1-28-17-5-3-4-16(19(17)29-2)20(27)26-14-7-9-15(10-8-14)30-18-11-6-13(12-25-18)21(22,23)24/h3-6,11-12,14-15H,7-10H2,1-2H3,(H,26,27). The van der Waals surface area contributed by atoms with Gasteiger partial charge in [-0.3, -0.25) is 4.79 Å². The van der Waals surface area contributed by atoms with Crippen LogP contribution in [0, 0.1) is 0 Å². The molecule has 162 valence electrons. The van der Waals surface area contributed by atoms with Gasteiger partial charge in [0.15, 0.2) is 11.5 Å². The fraction of sp³-hybridized carbons (Fsp3) is 0.429. The number of carbonyl (C=O) groups excluding carboxylic acids is 1. The van der Waals surface area contributed by atoms with E-state index in [1.807, 2.05) is 0 Å². The van der Waals surface area contributed by atoms with Gasteiger partial charge in [-0.05, 0) is 43.9 Å². The van der Waals surface area contributed by atoms with Gasteiger partial charge in [0, 0.05) is 18.3 Å². The third kappa shape index (κ3) is 5.14. The summed E-state index contributed by atoms with van der Waals surface area (Å²) in [6.45, 7) is 0. The molecule has 1 aliphatic rings. The first kappa shape index (κ1) is 21.7. The molecule has 1 aromatic heterocycles. The zero-order valence-electron chi connectivity index (χ0n) is 16.7. The summed E-state index contributed by atoms with van der Waals surface area (Å²) in [5.74, 6) is 0.769. The number of nitrogens with zero attached hydrogens (tertiary/aromatic N) is 1. The Balaban J connectivity index is 1.53. The van der Waals surface area contributed by atoms with E-state index < -0.39 is 11.7 Å². The normalized spacial score (nSPS) is 19.1. The minimum atomic E-state index is -4.42. The molecule has 6 nitrogen and oxygen atoms in total. The molecule has 0 saturated heterocycles. The highest BCUT2D eigenvalue weighted by molar-refractivity contribution is 5.98. The second-order valence-corrected chi connectivity index (χ2v) is 6.99. The Morgan fingerprint density at radius 2 is 1.80 bits per heavy atom. The first-order chi connectivity index (χ1) is 14.3. The number of benzene rings is 1. The van der Waals surface area contributed by atoms with Crippen molar-refractivity contribution in [2.45, 2.75) is 44.0 Å². The zero-order valence-corrected chi connectivity index (χ0v) is 16.7. The molecule has 3 rings (SSSR count). The molecule has 9 heteroatoms. The first-order valence-electron chi connectivity index (χ1n) is 9.53. The van der Waals surface area contributed by atoms with E-state index in [2.05, 4.69) is 10.3 Å². The molecule has 0 atom stereocenters. The molecule has 1 fully saturated rings. The molecule has 0 unspecified atom stereocenters. The Kier molecular flexibility index (Phi) is 6.69. The number of halogens is 3. The number of ether oxygens (including phenoxy) is 3. The predicted octanol–water partition coefficient (Wildman–Crippen LogP) is 4.24. The lowest BCUT2D eigenvalue weighted by molar-refractivity contribution is -0.137. The van der Waals surface area contributed by atoms with Crippen LogP contribution in [0.15, 0.2) is 36.5 Å². The Bertz CT molecular complexity index is 864. The van der Waals surface area contributed by atoms with Crippen molar-refractivity contribution in [3.8, 4) is 17.4 Å². The number of rotatable bonds is 6. The van der Waals surface area contributed by atoms with Crippen molar-refractivity contribution in [1.82, 2.24) is 10.3 Å². The van der Waals surface area contributed by atoms with Crippen molar-refractivity contribution in [1.29, 1.82) is 0 Å². The van der Waals surface area contributed by atoms with Gasteiger partial charge in [-0.15, -0.1) is 0 Å². The topological polar surface area (TPSA) is 69.7 Å². The molecule has 0 spiro atoms. The quantitative estimate of drug-likeness (QED) is 0.751. The van der Waals surface area contributed by atoms with Crippen LogP contribution in [0.1, 0.15) is 41.6 Å². The highest BCUT2D eigenvalue weighted by Crippen LogP contribution is 2.32. The van der Waals surface area contributed by atoms with Gasteiger partial charge in [-0.25, -0.2) is 4.98 Å². The van der Waals surface area contributed by atoms with Gasteiger partial charge in [-0.1, -0.05) is 6.07 Å². The summed E-state index contributed by atoms with van der Waals surface area (Å²) in [5, 5.41) is 3.00. The van der Waals surface area contributed by atoms with Crippen LogP contribution >= 0.6 is 0 Å². The summed E-state index contributed by atoms with van der Waals surface area (Å²) in [5.41, 5.74) is -0.418. The molecule has 0 radical (unpaired) electrons. The number of hydrogen-bond donors (Lipinski definition) is 1. The Hall–Kier alpha value is -2.97. The van der Waals surface area contributed by atoms with Gasteiger partial charge >= 0.3 is 6.18 Å². The minimum absolute atomic E-state index is 0.0335. The number of para-hydroxylation sites is 1. The van der Waals surface area contributed by atoms with Gasteiger partial charge in [0.05, 0.1) is 25.3 Å². The summed E-state index contributed by atoms with van der Waals surface area (Å²) >= 11 is 0. The Labute approximate surface area is 172 Å².